The molecule has 33 heavy (non-hydrogen) atoms. The van der Waals surface area contributed by atoms with Crippen LogP contribution in [0.4, 0.5) is 4.79 Å². The molecule has 1 atom stereocenters. The highest BCUT2D eigenvalue weighted by atomic mass is 32.1. The first-order chi connectivity index (χ1) is 16.0. The number of rotatable bonds is 8. The number of amides is 3. The lowest BCUT2D eigenvalue weighted by atomic mass is 10.2. The Morgan fingerprint density at radius 1 is 1.09 bits per heavy atom. The number of benzene rings is 2. The number of nitrogens with zero attached hydrogens (tertiary/aromatic N) is 1. The van der Waals surface area contributed by atoms with Crippen LogP contribution in [0.15, 0.2) is 60.0 Å². The second-order valence-electron chi connectivity index (χ2n) is 7.63. The third kappa shape index (κ3) is 6.63. The normalized spacial score (nSPS) is 13.6. The van der Waals surface area contributed by atoms with E-state index in [0.29, 0.717) is 11.4 Å². The smallest absolute Gasteiger partial charge is 0.321 e. The standard InChI is InChI=1S/C24H23N3O5S/c1-15(22(29)27-24(30)26-17-10-11-17)31-21(28)13-18-14-33-23(25-18)16-6-5-9-20(12-16)32-19-7-3-2-4-8-19/h2-9,12,14-15,17H,10-11,13H2,1H3,(H2,26,27,29,30). The highest BCUT2D eigenvalue weighted by Crippen LogP contribution is 2.29. The van der Waals surface area contributed by atoms with Crippen LogP contribution in [-0.2, 0) is 20.7 Å². The number of para-hydroxylation sites is 1. The molecular weight excluding hydrogens is 442 g/mol. The van der Waals surface area contributed by atoms with Crippen molar-refractivity contribution in [3.63, 3.8) is 0 Å². The van der Waals surface area contributed by atoms with Gasteiger partial charge in [0.2, 0.25) is 0 Å². The Kier molecular flexibility index (Phi) is 6.99. The van der Waals surface area contributed by atoms with E-state index in [4.69, 9.17) is 9.47 Å². The summed E-state index contributed by atoms with van der Waals surface area (Å²) in [5.74, 6) is 0.148. The van der Waals surface area contributed by atoms with E-state index in [1.54, 1.807) is 5.38 Å². The Morgan fingerprint density at radius 2 is 1.85 bits per heavy atom. The summed E-state index contributed by atoms with van der Waals surface area (Å²) in [4.78, 5) is 40.4. The van der Waals surface area contributed by atoms with Gasteiger partial charge in [-0.1, -0.05) is 30.3 Å². The molecule has 1 saturated carbocycles. The SMILES string of the molecule is CC(OC(=O)Cc1csc(-c2cccc(Oc3ccccc3)c2)n1)C(=O)NC(=O)NC1CC1. The summed E-state index contributed by atoms with van der Waals surface area (Å²) >= 11 is 1.40. The maximum atomic E-state index is 12.2. The lowest BCUT2D eigenvalue weighted by molar-refractivity contribution is -0.153. The molecule has 3 amide bonds. The number of carbonyl (C=O) groups excluding carboxylic acids is 3. The second-order valence-corrected chi connectivity index (χ2v) is 8.49. The predicted molar refractivity (Wildman–Crippen MR) is 123 cm³/mol. The summed E-state index contributed by atoms with van der Waals surface area (Å²) in [6.07, 6.45) is 0.647. The van der Waals surface area contributed by atoms with Gasteiger partial charge in [0.1, 0.15) is 16.5 Å². The fraction of sp³-hybridized carbons (Fsp3) is 0.250. The number of esters is 1. The molecule has 0 saturated heterocycles. The van der Waals surface area contributed by atoms with Crippen molar-refractivity contribution >= 4 is 29.2 Å². The van der Waals surface area contributed by atoms with E-state index in [1.165, 1.54) is 18.3 Å². The Hall–Kier alpha value is -3.72. The minimum absolute atomic E-state index is 0.0808. The maximum Gasteiger partial charge on any atom is 0.321 e. The van der Waals surface area contributed by atoms with Gasteiger partial charge in [0, 0.05) is 17.0 Å². The van der Waals surface area contributed by atoms with Gasteiger partial charge in [-0.25, -0.2) is 9.78 Å². The Morgan fingerprint density at radius 3 is 2.61 bits per heavy atom. The number of hydrogen-bond donors (Lipinski definition) is 2. The first-order valence-electron chi connectivity index (χ1n) is 10.5. The molecule has 1 aromatic heterocycles. The van der Waals surface area contributed by atoms with Gasteiger partial charge in [0.25, 0.3) is 5.91 Å². The molecule has 0 spiro atoms. The highest BCUT2D eigenvalue weighted by molar-refractivity contribution is 7.13. The molecule has 3 aromatic rings. The number of thiazole rings is 1. The molecule has 1 aliphatic carbocycles. The van der Waals surface area contributed by atoms with Gasteiger partial charge in [0.15, 0.2) is 6.10 Å². The molecule has 2 aromatic carbocycles. The zero-order chi connectivity index (χ0) is 23.2. The third-order valence-electron chi connectivity index (χ3n) is 4.76. The van der Waals surface area contributed by atoms with Crippen LogP contribution in [0.25, 0.3) is 10.6 Å². The number of aromatic nitrogens is 1. The number of imide groups is 1. The number of ether oxygens (including phenoxy) is 2. The molecule has 2 N–H and O–H groups in total. The maximum absolute atomic E-state index is 12.2. The summed E-state index contributed by atoms with van der Waals surface area (Å²) in [5, 5.41) is 7.32. The molecule has 1 unspecified atom stereocenters. The average Bonchev–Trinajstić information content (AvgIpc) is 3.48. The number of urea groups is 1. The fourth-order valence-corrected chi connectivity index (χ4v) is 3.76. The fourth-order valence-electron chi connectivity index (χ4n) is 2.94. The van der Waals surface area contributed by atoms with Crippen LogP contribution in [0, 0.1) is 0 Å². The van der Waals surface area contributed by atoms with Gasteiger partial charge in [0.05, 0.1) is 12.1 Å². The molecule has 170 valence electrons. The number of nitrogens with one attached hydrogen (secondary N) is 2. The number of hydrogen-bond acceptors (Lipinski definition) is 7. The van der Waals surface area contributed by atoms with Crippen molar-refractivity contribution in [1.82, 2.24) is 15.6 Å². The van der Waals surface area contributed by atoms with E-state index in [1.807, 2.05) is 54.6 Å². The second kappa shape index (κ2) is 10.3. The lowest BCUT2D eigenvalue weighted by Gasteiger charge is -2.12. The van der Waals surface area contributed by atoms with E-state index in [-0.39, 0.29) is 12.5 Å². The van der Waals surface area contributed by atoms with Crippen molar-refractivity contribution in [2.24, 2.45) is 0 Å². The van der Waals surface area contributed by atoms with Crippen molar-refractivity contribution < 1.29 is 23.9 Å². The number of carbonyl (C=O) groups is 3. The van der Waals surface area contributed by atoms with E-state index in [0.717, 1.165) is 29.2 Å². The molecule has 1 fully saturated rings. The van der Waals surface area contributed by atoms with E-state index < -0.39 is 24.0 Å². The summed E-state index contributed by atoms with van der Waals surface area (Å²) < 4.78 is 11.0. The van der Waals surface area contributed by atoms with Crippen LogP contribution in [0.3, 0.4) is 0 Å². The highest BCUT2D eigenvalue weighted by Gasteiger charge is 2.26. The van der Waals surface area contributed by atoms with Gasteiger partial charge in [-0.15, -0.1) is 11.3 Å². The van der Waals surface area contributed by atoms with Crippen molar-refractivity contribution in [2.45, 2.75) is 38.3 Å². The van der Waals surface area contributed by atoms with Crippen LogP contribution < -0.4 is 15.4 Å². The molecule has 9 heteroatoms. The third-order valence-corrected chi connectivity index (χ3v) is 5.70. The average molecular weight is 466 g/mol. The minimum Gasteiger partial charge on any atom is -0.457 e. The lowest BCUT2D eigenvalue weighted by Crippen LogP contribution is -2.45. The predicted octanol–water partition coefficient (Wildman–Crippen LogP) is 4.06. The van der Waals surface area contributed by atoms with Gasteiger partial charge in [-0.3, -0.25) is 14.9 Å². The zero-order valence-corrected chi connectivity index (χ0v) is 18.8. The van der Waals surface area contributed by atoms with Crippen molar-refractivity contribution in [3.05, 3.63) is 65.7 Å². The van der Waals surface area contributed by atoms with Crippen LogP contribution in [-0.4, -0.2) is 35.0 Å². The van der Waals surface area contributed by atoms with Crippen LogP contribution in [0.5, 0.6) is 11.5 Å². The minimum atomic E-state index is -1.09. The van der Waals surface area contributed by atoms with Crippen LogP contribution in [0.2, 0.25) is 0 Å². The summed E-state index contributed by atoms with van der Waals surface area (Å²) in [6, 6.07) is 16.6. The topological polar surface area (TPSA) is 107 Å². The zero-order valence-electron chi connectivity index (χ0n) is 17.9. The van der Waals surface area contributed by atoms with Crippen molar-refractivity contribution in [3.8, 4) is 22.1 Å². The molecule has 0 bridgehead atoms. The molecule has 0 aliphatic heterocycles. The molecule has 0 radical (unpaired) electrons. The van der Waals surface area contributed by atoms with Gasteiger partial charge in [-0.2, -0.15) is 0 Å². The Balaban J connectivity index is 1.31. The first-order valence-corrected chi connectivity index (χ1v) is 11.4. The molecular formula is C24H23N3O5S. The summed E-state index contributed by atoms with van der Waals surface area (Å²) in [6.45, 7) is 1.42. The van der Waals surface area contributed by atoms with Crippen LogP contribution in [0.1, 0.15) is 25.5 Å². The van der Waals surface area contributed by atoms with E-state index in [9.17, 15) is 14.4 Å². The van der Waals surface area contributed by atoms with Gasteiger partial charge >= 0.3 is 12.0 Å². The van der Waals surface area contributed by atoms with Gasteiger partial charge < -0.3 is 14.8 Å². The molecule has 1 heterocycles. The molecule has 1 aliphatic rings. The summed E-state index contributed by atoms with van der Waals surface area (Å²) in [7, 11) is 0. The summed E-state index contributed by atoms with van der Waals surface area (Å²) in [5.41, 5.74) is 1.40. The van der Waals surface area contributed by atoms with E-state index in [2.05, 4.69) is 15.6 Å². The monoisotopic (exact) mass is 465 g/mol. The Bertz CT molecular complexity index is 1140. The van der Waals surface area contributed by atoms with Crippen LogP contribution >= 0.6 is 11.3 Å². The Labute approximate surface area is 194 Å². The molecule has 4 rings (SSSR count). The molecule has 8 nitrogen and oxygen atoms in total. The van der Waals surface area contributed by atoms with Gasteiger partial charge in [-0.05, 0) is 44.0 Å². The van der Waals surface area contributed by atoms with Crippen molar-refractivity contribution in [1.29, 1.82) is 0 Å². The first kappa shape index (κ1) is 22.5. The van der Waals surface area contributed by atoms with E-state index >= 15 is 0 Å². The largest absolute Gasteiger partial charge is 0.457 e. The quantitative estimate of drug-likeness (QED) is 0.486. The van der Waals surface area contributed by atoms with Crippen molar-refractivity contribution in [2.75, 3.05) is 0 Å².